The SMILES string of the molecule is CN1C(=O)C[C@@](C)(c2cc(-c3cc(F)cc(C#N)c3)nn2C)N=C1N. The maximum atomic E-state index is 13.7. The molecule has 2 aromatic rings. The van der Waals surface area contributed by atoms with Crippen LogP contribution in [0.2, 0.25) is 0 Å². The van der Waals surface area contributed by atoms with E-state index in [1.54, 1.807) is 37.8 Å². The van der Waals surface area contributed by atoms with Gasteiger partial charge in [-0.2, -0.15) is 10.4 Å². The van der Waals surface area contributed by atoms with Gasteiger partial charge in [0.05, 0.1) is 29.4 Å². The maximum absolute atomic E-state index is 13.7. The van der Waals surface area contributed by atoms with Crippen molar-refractivity contribution in [3.8, 4) is 17.3 Å². The summed E-state index contributed by atoms with van der Waals surface area (Å²) in [7, 11) is 3.30. The van der Waals surface area contributed by atoms with Gasteiger partial charge in [-0.3, -0.25) is 14.4 Å². The Bertz CT molecular complexity index is 941. The van der Waals surface area contributed by atoms with E-state index in [4.69, 9.17) is 11.0 Å². The zero-order chi connectivity index (χ0) is 18.4. The molecular formula is C17H17FN6O. The minimum Gasteiger partial charge on any atom is -0.369 e. The minimum absolute atomic E-state index is 0.138. The lowest BCUT2D eigenvalue weighted by Gasteiger charge is -2.33. The van der Waals surface area contributed by atoms with Crippen LogP contribution in [0.1, 0.15) is 24.6 Å². The van der Waals surface area contributed by atoms with Crippen molar-refractivity contribution in [3.63, 3.8) is 0 Å². The number of benzene rings is 1. The number of hydrogen-bond donors (Lipinski definition) is 1. The molecule has 0 saturated heterocycles. The first kappa shape index (κ1) is 16.6. The smallest absolute Gasteiger partial charge is 0.231 e. The molecule has 3 rings (SSSR count). The summed E-state index contributed by atoms with van der Waals surface area (Å²) in [6.45, 7) is 1.80. The van der Waals surface area contributed by atoms with Gasteiger partial charge in [0.1, 0.15) is 11.4 Å². The summed E-state index contributed by atoms with van der Waals surface area (Å²) in [5.41, 5.74) is 6.85. The van der Waals surface area contributed by atoms with Crippen molar-refractivity contribution in [2.24, 2.45) is 17.8 Å². The van der Waals surface area contributed by atoms with E-state index >= 15 is 0 Å². The normalized spacial score (nSPS) is 20.4. The molecular weight excluding hydrogens is 323 g/mol. The lowest BCUT2D eigenvalue weighted by Crippen LogP contribution is -2.48. The summed E-state index contributed by atoms with van der Waals surface area (Å²) >= 11 is 0. The Morgan fingerprint density at radius 3 is 2.68 bits per heavy atom. The number of rotatable bonds is 2. The van der Waals surface area contributed by atoms with Gasteiger partial charge in [-0.15, -0.1) is 0 Å². The standard InChI is InChI=1S/C17H17FN6O/c1-17(8-15(25)23(2)16(20)21-17)14-7-13(22-24(14)3)11-4-10(9-19)5-12(18)6-11/h4-7H,8H2,1-3H3,(H2,20,21)/t17-/m0/s1. The van der Waals surface area contributed by atoms with Gasteiger partial charge < -0.3 is 5.73 Å². The van der Waals surface area contributed by atoms with Crippen LogP contribution in [-0.4, -0.2) is 33.6 Å². The second-order valence-electron chi connectivity index (χ2n) is 6.25. The first-order valence-electron chi connectivity index (χ1n) is 7.61. The first-order chi connectivity index (χ1) is 11.7. The molecule has 1 amide bonds. The van der Waals surface area contributed by atoms with Crippen molar-refractivity contribution in [1.29, 1.82) is 5.26 Å². The van der Waals surface area contributed by atoms with E-state index in [-0.39, 0.29) is 23.9 Å². The summed E-state index contributed by atoms with van der Waals surface area (Å²) in [6.07, 6.45) is 0.149. The van der Waals surface area contributed by atoms with Gasteiger partial charge in [0, 0.05) is 19.7 Å². The third-order valence-corrected chi connectivity index (χ3v) is 4.33. The zero-order valence-corrected chi connectivity index (χ0v) is 14.1. The van der Waals surface area contributed by atoms with Crippen LogP contribution < -0.4 is 5.73 Å². The fourth-order valence-electron chi connectivity index (χ4n) is 2.97. The average Bonchev–Trinajstić information content (AvgIpc) is 2.94. The predicted molar refractivity (Wildman–Crippen MR) is 89.7 cm³/mol. The molecule has 1 aliphatic heterocycles. The van der Waals surface area contributed by atoms with Gasteiger partial charge in [-0.05, 0) is 31.2 Å². The fraction of sp³-hybridized carbons (Fsp3) is 0.294. The third-order valence-electron chi connectivity index (χ3n) is 4.33. The number of nitriles is 1. The quantitative estimate of drug-likeness (QED) is 0.895. The number of aromatic nitrogens is 2. The van der Waals surface area contributed by atoms with Gasteiger partial charge >= 0.3 is 0 Å². The van der Waals surface area contributed by atoms with E-state index in [0.717, 1.165) is 6.07 Å². The number of aryl methyl sites for hydroxylation is 1. The van der Waals surface area contributed by atoms with Crippen molar-refractivity contribution in [1.82, 2.24) is 14.7 Å². The Kier molecular flexibility index (Phi) is 3.80. The lowest BCUT2D eigenvalue weighted by atomic mass is 9.91. The lowest BCUT2D eigenvalue weighted by molar-refractivity contribution is -0.128. The molecule has 0 unspecified atom stereocenters. The molecule has 128 valence electrons. The Balaban J connectivity index is 2.09. The molecule has 2 heterocycles. The molecule has 1 aromatic carbocycles. The molecule has 0 fully saturated rings. The number of halogens is 1. The Labute approximate surface area is 144 Å². The van der Waals surface area contributed by atoms with Gasteiger partial charge in [0.25, 0.3) is 0 Å². The van der Waals surface area contributed by atoms with Gasteiger partial charge in [-0.25, -0.2) is 9.38 Å². The van der Waals surface area contributed by atoms with Crippen LogP contribution in [0, 0.1) is 17.1 Å². The van der Waals surface area contributed by atoms with Gasteiger partial charge in [0.2, 0.25) is 5.91 Å². The minimum atomic E-state index is -0.862. The molecule has 8 heteroatoms. The van der Waals surface area contributed by atoms with E-state index in [1.165, 1.54) is 11.0 Å². The van der Waals surface area contributed by atoms with E-state index in [0.29, 0.717) is 17.0 Å². The number of guanidine groups is 1. The number of aliphatic imine (C=N–C) groups is 1. The molecule has 0 radical (unpaired) electrons. The van der Waals surface area contributed by atoms with Crippen LogP contribution in [0.25, 0.3) is 11.3 Å². The van der Waals surface area contributed by atoms with Gasteiger partial charge in [0.15, 0.2) is 5.96 Å². The summed E-state index contributed by atoms with van der Waals surface area (Å²) in [6, 6.07) is 7.70. The van der Waals surface area contributed by atoms with E-state index in [1.807, 2.05) is 6.07 Å². The van der Waals surface area contributed by atoms with Crippen molar-refractivity contribution in [3.05, 3.63) is 41.3 Å². The third kappa shape index (κ3) is 2.85. The molecule has 1 aliphatic rings. The van der Waals surface area contributed by atoms with Crippen molar-refractivity contribution in [2.45, 2.75) is 18.9 Å². The summed E-state index contributed by atoms with van der Waals surface area (Å²) in [5.74, 6) is -0.515. The topological polar surface area (TPSA) is 100 Å². The molecule has 7 nitrogen and oxygen atoms in total. The van der Waals surface area contributed by atoms with Crippen LogP contribution >= 0.6 is 0 Å². The molecule has 2 N–H and O–H groups in total. The number of hydrogen-bond acceptors (Lipinski definition) is 5. The highest BCUT2D eigenvalue weighted by Crippen LogP contribution is 2.34. The summed E-state index contributed by atoms with van der Waals surface area (Å²) in [4.78, 5) is 17.9. The highest BCUT2D eigenvalue weighted by molar-refractivity contribution is 5.98. The summed E-state index contributed by atoms with van der Waals surface area (Å²) in [5, 5.41) is 13.4. The van der Waals surface area contributed by atoms with Gasteiger partial charge in [-0.1, -0.05) is 0 Å². The van der Waals surface area contributed by atoms with Crippen LogP contribution in [0.4, 0.5) is 4.39 Å². The molecule has 0 saturated carbocycles. The highest BCUT2D eigenvalue weighted by Gasteiger charge is 2.38. The first-order valence-corrected chi connectivity index (χ1v) is 7.61. The maximum Gasteiger partial charge on any atom is 0.231 e. The second-order valence-corrected chi connectivity index (χ2v) is 6.25. The number of nitrogens with zero attached hydrogens (tertiary/aromatic N) is 5. The molecule has 0 bridgehead atoms. The summed E-state index contributed by atoms with van der Waals surface area (Å²) < 4.78 is 15.3. The second kappa shape index (κ2) is 5.70. The number of nitrogens with two attached hydrogens (primary N) is 1. The van der Waals surface area contributed by atoms with Crippen LogP contribution in [0.15, 0.2) is 29.3 Å². The van der Waals surface area contributed by atoms with Crippen LogP contribution in [0.5, 0.6) is 0 Å². The highest BCUT2D eigenvalue weighted by atomic mass is 19.1. The van der Waals surface area contributed by atoms with E-state index in [9.17, 15) is 9.18 Å². The molecule has 1 atom stereocenters. The molecule has 25 heavy (non-hydrogen) atoms. The van der Waals surface area contributed by atoms with Crippen LogP contribution in [0.3, 0.4) is 0 Å². The Hall–Kier alpha value is -3.21. The van der Waals surface area contributed by atoms with Crippen molar-refractivity contribution < 1.29 is 9.18 Å². The Morgan fingerprint density at radius 2 is 2.04 bits per heavy atom. The van der Waals surface area contributed by atoms with E-state index in [2.05, 4.69) is 10.1 Å². The molecule has 1 aromatic heterocycles. The predicted octanol–water partition coefficient (Wildman–Crippen LogP) is 1.49. The molecule has 0 aliphatic carbocycles. The van der Waals surface area contributed by atoms with E-state index < -0.39 is 11.4 Å². The number of carbonyl (C=O) groups is 1. The van der Waals surface area contributed by atoms with Crippen LogP contribution in [-0.2, 0) is 17.4 Å². The zero-order valence-electron chi connectivity index (χ0n) is 14.1. The average molecular weight is 340 g/mol. The Morgan fingerprint density at radius 1 is 1.32 bits per heavy atom. The monoisotopic (exact) mass is 340 g/mol. The largest absolute Gasteiger partial charge is 0.369 e. The number of carbonyl (C=O) groups excluding carboxylic acids is 1. The van der Waals surface area contributed by atoms with Crippen molar-refractivity contribution in [2.75, 3.05) is 7.05 Å². The fourth-order valence-corrected chi connectivity index (χ4v) is 2.97. The molecule has 0 spiro atoms. The van der Waals surface area contributed by atoms with Crippen molar-refractivity contribution >= 4 is 11.9 Å². The number of amides is 1.